The highest BCUT2D eigenvalue weighted by molar-refractivity contribution is 7.18. The van der Waals surface area contributed by atoms with Crippen LogP contribution in [-0.2, 0) is 4.74 Å². The van der Waals surface area contributed by atoms with E-state index in [1.165, 1.54) is 36.6 Å². The number of Topliss-reactive ketones (excluding diaryl/α,β-unsaturated/α-hetero) is 1. The van der Waals surface area contributed by atoms with Crippen molar-refractivity contribution in [3.8, 4) is 17.3 Å². The molecule has 0 radical (unpaired) electrons. The third kappa shape index (κ3) is 5.14. The fraction of sp³-hybridized carbons (Fsp3) is 0.182. The van der Waals surface area contributed by atoms with Crippen LogP contribution in [0.5, 0.6) is 0 Å². The van der Waals surface area contributed by atoms with Gasteiger partial charge in [0.05, 0.1) is 27.7 Å². The van der Waals surface area contributed by atoms with Crippen LogP contribution >= 0.6 is 22.7 Å². The summed E-state index contributed by atoms with van der Waals surface area (Å²) in [6.07, 6.45) is 1.41. The maximum atomic E-state index is 12.4. The van der Waals surface area contributed by atoms with E-state index in [4.69, 9.17) is 4.74 Å². The molecular formula is C22H18N4O5S2. The monoisotopic (exact) mass is 482 g/mol. The second-order valence-corrected chi connectivity index (χ2v) is 8.58. The molecule has 168 valence electrons. The van der Waals surface area contributed by atoms with Crippen molar-refractivity contribution in [2.24, 2.45) is 0 Å². The van der Waals surface area contributed by atoms with Crippen molar-refractivity contribution in [1.82, 2.24) is 4.98 Å². The molecule has 3 aromatic rings. The van der Waals surface area contributed by atoms with Gasteiger partial charge in [0.2, 0.25) is 0 Å². The zero-order valence-electron chi connectivity index (χ0n) is 17.9. The standard InChI is InChI=1S/C22H18N4O5S2/c1-4-31-22(28)18-12(2)19(13(3)27)33-21(18)24-10-15(9-23)20-25-17(11-32-20)14-6-5-7-16(8-14)26(29)30/h5-8,10-11,24H,4H2,1-3H3. The lowest BCUT2D eigenvalue weighted by molar-refractivity contribution is -0.384. The zero-order chi connectivity index (χ0) is 24.1. The summed E-state index contributed by atoms with van der Waals surface area (Å²) in [7, 11) is 0. The summed E-state index contributed by atoms with van der Waals surface area (Å²) in [5.74, 6) is -0.738. The summed E-state index contributed by atoms with van der Waals surface area (Å²) < 4.78 is 5.11. The maximum Gasteiger partial charge on any atom is 0.341 e. The molecule has 0 aliphatic carbocycles. The van der Waals surface area contributed by atoms with Gasteiger partial charge in [-0.1, -0.05) is 12.1 Å². The van der Waals surface area contributed by atoms with Gasteiger partial charge in [-0.25, -0.2) is 9.78 Å². The quantitative estimate of drug-likeness (QED) is 0.147. The third-order valence-corrected chi connectivity index (χ3v) is 6.70. The SMILES string of the molecule is CCOC(=O)c1c(NC=C(C#N)c2nc(-c3cccc([N+](=O)[O-])c3)cs2)sc(C(C)=O)c1C. The number of nitro groups is 1. The van der Waals surface area contributed by atoms with E-state index in [0.717, 1.165) is 11.3 Å². The van der Waals surface area contributed by atoms with Gasteiger partial charge in [0.15, 0.2) is 5.78 Å². The molecule has 0 aliphatic heterocycles. The zero-order valence-corrected chi connectivity index (χ0v) is 19.5. The molecule has 0 atom stereocenters. The Bertz CT molecular complexity index is 1320. The van der Waals surface area contributed by atoms with Crippen molar-refractivity contribution in [1.29, 1.82) is 5.26 Å². The molecule has 0 aliphatic rings. The number of nitrogens with one attached hydrogen (secondary N) is 1. The van der Waals surface area contributed by atoms with Crippen LogP contribution in [0.1, 0.15) is 44.4 Å². The second-order valence-electron chi connectivity index (χ2n) is 6.70. The number of hydrogen-bond donors (Lipinski definition) is 1. The Labute approximate surface area is 197 Å². The van der Waals surface area contributed by atoms with Gasteiger partial charge in [0.25, 0.3) is 5.69 Å². The number of thiophene rings is 1. The Morgan fingerprint density at radius 3 is 2.79 bits per heavy atom. The predicted octanol–water partition coefficient (Wildman–Crippen LogP) is 5.44. The number of nitriles is 1. The lowest BCUT2D eigenvalue weighted by Crippen LogP contribution is -2.08. The van der Waals surface area contributed by atoms with Crippen LogP contribution in [0.3, 0.4) is 0 Å². The van der Waals surface area contributed by atoms with Gasteiger partial charge >= 0.3 is 5.97 Å². The number of rotatable bonds is 8. The van der Waals surface area contributed by atoms with Gasteiger partial charge in [-0.15, -0.1) is 22.7 Å². The van der Waals surface area contributed by atoms with Gasteiger partial charge in [-0.05, 0) is 26.3 Å². The summed E-state index contributed by atoms with van der Waals surface area (Å²) in [4.78, 5) is 39.8. The molecule has 33 heavy (non-hydrogen) atoms. The molecule has 2 heterocycles. The highest BCUT2D eigenvalue weighted by atomic mass is 32.1. The molecule has 1 aromatic carbocycles. The minimum atomic E-state index is -0.560. The summed E-state index contributed by atoms with van der Waals surface area (Å²) in [5, 5.41) is 26.1. The molecule has 3 rings (SSSR count). The molecule has 0 spiro atoms. The topological polar surface area (TPSA) is 135 Å². The largest absolute Gasteiger partial charge is 0.462 e. The average molecular weight is 483 g/mol. The van der Waals surface area contributed by atoms with E-state index in [9.17, 15) is 25.0 Å². The van der Waals surface area contributed by atoms with E-state index in [1.54, 1.807) is 31.4 Å². The van der Waals surface area contributed by atoms with Crippen LogP contribution in [-0.4, -0.2) is 28.3 Å². The minimum absolute atomic E-state index is 0.0550. The molecule has 0 amide bonds. The highest BCUT2D eigenvalue weighted by Crippen LogP contribution is 2.35. The number of thiazole rings is 1. The van der Waals surface area contributed by atoms with Gasteiger partial charge in [0, 0.05) is 29.3 Å². The normalized spacial score (nSPS) is 11.0. The number of benzene rings is 1. The number of esters is 1. The average Bonchev–Trinajstić information content (AvgIpc) is 3.39. The predicted molar refractivity (Wildman–Crippen MR) is 126 cm³/mol. The first-order valence-electron chi connectivity index (χ1n) is 9.65. The van der Waals surface area contributed by atoms with Crippen LogP contribution in [0.4, 0.5) is 10.7 Å². The molecule has 0 saturated heterocycles. The van der Waals surface area contributed by atoms with Gasteiger partial charge in [0.1, 0.15) is 21.7 Å². The van der Waals surface area contributed by atoms with Crippen molar-refractivity contribution in [2.45, 2.75) is 20.8 Å². The maximum absolute atomic E-state index is 12.4. The lowest BCUT2D eigenvalue weighted by Gasteiger charge is -2.05. The van der Waals surface area contributed by atoms with E-state index in [2.05, 4.69) is 16.4 Å². The number of allylic oxidation sites excluding steroid dienone is 1. The third-order valence-electron chi connectivity index (χ3n) is 4.50. The number of hydrogen-bond acceptors (Lipinski definition) is 10. The molecule has 11 heteroatoms. The summed E-state index contributed by atoms with van der Waals surface area (Å²) in [5.41, 5.74) is 1.96. The van der Waals surface area contributed by atoms with E-state index in [0.29, 0.717) is 31.7 Å². The van der Waals surface area contributed by atoms with Crippen molar-refractivity contribution in [3.05, 3.63) is 67.0 Å². The van der Waals surface area contributed by atoms with Crippen molar-refractivity contribution in [3.63, 3.8) is 0 Å². The Kier molecular flexibility index (Phi) is 7.32. The smallest absolute Gasteiger partial charge is 0.341 e. The molecule has 2 aromatic heterocycles. The highest BCUT2D eigenvalue weighted by Gasteiger charge is 2.24. The Balaban J connectivity index is 1.93. The number of non-ortho nitro benzene ring substituents is 1. The fourth-order valence-corrected chi connectivity index (χ4v) is 4.84. The van der Waals surface area contributed by atoms with Gasteiger partial charge in [-0.3, -0.25) is 14.9 Å². The summed E-state index contributed by atoms with van der Waals surface area (Å²) >= 11 is 2.31. The molecule has 1 N–H and O–H groups in total. The number of carbonyl (C=O) groups is 2. The number of carbonyl (C=O) groups excluding carboxylic acids is 2. The first kappa shape index (κ1) is 23.8. The van der Waals surface area contributed by atoms with Crippen LogP contribution in [0.2, 0.25) is 0 Å². The molecule has 9 nitrogen and oxygen atoms in total. The molecule has 0 unspecified atom stereocenters. The van der Waals surface area contributed by atoms with E-state index < -0.39 is 10.9 Å². The summed E-state index contributed by atoms with van der Waals surface area (Å²) in [6, 6.07) is 8.13. The first-order chi connectivity index (χ1) is 15.8. The van der Waals surface area contributed by atoms with Gasteiger partial charge in [-0.2, -0.15) is 5.26 Å². The number of anilines is 1. The second kappa shape index (κ2) is 10.2. The van der Waals surface area contributed by atoms with Crippen molar-refractivity contribution >= 4 is 50.7 Å². The minimum Gasteiger partial charge on any atom is -0.462 e. The summed E-state index contributed by atoms with van der Waals surface area (Å²) in [6.45, 7) is 4.96. The molecular weight excluding hydrogens is 464 g/mol. The number of nitro benzene ring substituents is 1. The lowest BCUT2D eigenvalue weighted by atomic mass is 10.1. The molecule has 0 saturated carbocycles. The Morgan fingerprint density at radius 1 is 1.39 bits per heavy atom. The van der Waals surface area contributed by atoms with E-state index >= 15 is 0 Å². The van der Waals surface area contributed by atoms with Crippen molar-refractivity contribution < 1.29 is 19.2 Å². The Morgan fingerprint density at radius 2 is 2.15 bits per heavy atom. The number of aromatic nitrogens is 1. The Hall–Kier alpha value is -3.88. The van der Waals surface area contributed by atoms with Crippen molar-refractivity contribution in [2.75, 3.05) is 11.9 Å². The first-order valence-corrected chi connectivity index (χ1v) is 11.3. The van der Waals surface area contributed by atoms with E-state index in [-0.39, 0.29) is 29.2 Å². The number of nitrogens with zero attached hydrogens (tertiary/aromatic N) is 3. The van der Waals surface area contributed by atoms with Gasteiger partial charge < -0.3 is 10.1 Å². The van der Waals surface area contributed by atoms with Crippen LogP contribution < -0.4 is 5.32 Å². The van der Waals surface area contributed by atoms with Crippen LogP contribution in [0, 0.1) is 28.4 Å². The van der Waals surface area contributed by atoms with E-state index in [1.807, 2.05) is 0 Å². The number of ketones is 1. The molecule has 0 bridgehead atoms. The van der Waals surface area contributed by atoms with Crippen LogP contribution in [0.15, 0.2) is 35.8 Å². The fourth-order valence-electron chi connectivity index (χ4n) is 2.99. The number of ether oxygens (including phenoxy) is 1. The van der Waals surface area contributed by atoms with Crippen LogP contribution in [0.25, 0.3) is 16.8 Å². The molecule has 0 fully saturated rings.